The first-order chi connectivity index (χ1) is 9.00. The summed E-state index contributed by atoms with van der Waals surface area (Å²) in [5, 5.41) is 0.562. The van der Waals surface area contributed by atoms with Gasteiger partial charge < -0.3 is 4.74 Å². The minimum atomic E-state index is -0.705. The number of rotatable bonds is 3. The zero-order valence-corrected chi connectivity index (χ0v) is 12.5. The summed E-state index contributed by atoms with van der Waals surface area (Å²) in [6, 6.07) is 7.25. The lowest BCUT2D eigenvalue weighted by atomic mass is 10.2. The van der Waals surface area contributed by atoms with E-state index in [9.17, 15) is 8.78 Å². The lowest BCUT2D eigenvalue weighted by Crippen LogP contribution is -2.03. The minimum Gasteiger partial charge on any atom is -0.486 e. The summed E-state index contributed by atoms with van der Waals surface area (Å²) in [5.74, 6) is -1.20. The highest BCUT2D eigenvalue weighted by Gasteiger charge is 2.14. The molecule has 0 saturated heterocycles. The van der Waals surface area contributed by atoms with Gasteiger partial charge in [-0.1, -0.05) is 29.3 Å². The van der Waals surface area contributed by atoms with E-state index in [0.717, 1.165) is 6.07 Å². The first kappa shape index (κ1) is 14.6. The van der Waals surface area contributed by atoms with E-state index in [0.29, 0.717) is 0 Å². The van der Waals surface area contributed by atoms with E-state index >= 15 is 0 Å². The second-order valence-electron chi connectivity index (χ2n) is 3.66. The van der Waals surface area contributed by atoms with Gasteiger partial charge in [0.15, 0.2) is 5.75 Å². The number of benzene rings is 2. The summed E-state index contributed by atoms with van der Waals surface area (Å²) in [5.41, 5.74) is -0.189. The molecule has 0 unspecified atom stereocenters. The van der Waals surface area contributed by atoms with E-state index in [-0.39, 0.29) is 32.4 Å². The molecule has 0 bridgehead atoms. The summed E-state index contributed by atoms with van der Waals surface area (Å²) in [4.78, 5) is 0. The lowest BCUT2D eigenvalue weighted by molar-refractivity contribution is 0.292. The van der Waals surface area contributed by atoms with Crippen LogP contribution in [-0.4, -0.2) is 0 Å². The molecule has 0 aromatic heterocycles. The summed E-state index contributed by atoms with van der Waals surface area (Å²) in [6.45, 7) is -0.305. The van der Waals surface area contributed by atoms with Crippen LogP contribution in [0.4, 0.5) is 8.78 Å². The zero-order valence-electron chi connectivity index (χ0n) is 9.39. The fraction of sp³-hybridized carbons (Fsp3) is 0.0769. The van der Waals surface area contributed by atoms with Crippen molar-refractivity contribution in [2.45, 2.75) is 6.61 Å². The van der Waals surface area contributed by atoms with Crippen LogP contribution in [0.3, 0.4) is 0 Å². The fourth-order valence-electron chi connectivity index (χ4n) is 1.47. The van der Waals surface area contributed by atoms with E-state index in [1.807, 2.05) is 0 Å². The Labute approximate surface area is 127 Å². The van der Waals surface area contributed by atoms with Gasteiger partial charge in [0.2, 0.25) is 0 Å². The van der Waals surface area contributed by atoms with Crippen molar-refractivity contribution in [3.63, 3.8) is 0 Å². The van der Waals surface area contributed by atoms with Gasteiger partial charge in [-0.05, 0) is 40.2 Å². The van der Waals surface area contributed by atoms with Gasteiger partial charge in [-0.25, -0.2) is 8.78 Å². The Morgan fingerprint density at radius 2 is 1.68 bits per heavy atom. The number of hydrogen-bond donors (Lipinski definition) is 0. The van der Waals surface area contributed by atoms with Crippen LogP contribution in [-0.2, 0) is 6.61 Å². The third kappa shape index (κ3) is 3.19. The highest BCUT2D eigenvalue weighted by molar-refractivity contribution is 9.10. The molecule has 19 heavy (non-hydrogen) atoms. The molecule has 6 heteroatoms. The van der Waals surface area contributed by atoms with Gasteiger partial charge in [0.1, 0.15) is 18.2 Å². The van der Waals surface area contributed by atoms with Crippen LogP contribution in [0.1, 0.15) is 5.56 Å². The molecule has 1 nitrogen and oxygen atoms in total. The van der Waals surface area contributed by atoms with Crippen molar-refractivity contribution < 1.29 is 13.5 Å². The SMILES string of the molecule is Fc1ccc(Br)c(F)c1COc1c(Cl)cccc1Cl. The molecule has 0 atom stereocenters. The number of para-hydroxylation sites is 1. The van der Waals surface area contributed by atoms with Crippen molar-refractivity contribution >= 4 is 39.1 Å². The highest BCUT2D eigenvalue weighted by Crippen LogP contribution is 2.33. The normalized spacial score (nSPS) is 10.6. The van der Waals surface area contributed by atoms with Crippen LogP contribution in [0.25, 0.3) is 0 Å². The molecule has 2 aromatic carbocycles. The van der Waals surface area contributed by atoms with E-state index in [1.54, 1.807) is 18.2 Å². The molecule has 0 N–H and O–H groups in total. The van der Waals surface area contributed by atoms with Crippen LogP contribution in [0.5, 0.6) is 5.75 Å². The Morgan fingerprint density at radius 1 is 1.05 bits per heavy atom. The second kappa shape index (κ2) is 6.07. The minimum absolute atomic E-state index is 0.165. The van der Waals surface area contributed by atoms with E-state index in [2.05, 4.69) is 15.9 Å². The largest absolute Gasteiger partial charge is 0.486 e. The van der Waals surface area contributed by atoms with E-state index < -0.39 is 11.6 Å². The van der Waals surface area contributed by atoms with E-state index in [4.69, 9.17) is 27.9 Å². The van der Waals surface area contributed by atoms with Crippen molar-refractivity contribution in [2.24, 2.45) is 0 Å². The Morgan fingerprint density at radius 3 is 2.32 bits per heavy atom. The average Bonchev–Trinajstić information content (AvgIpc) is 2.37. The quantitative estimate of drug-likeness (QED) is 0.640. The molecular weight excluding hydrogens is 361 g/mol. The third-order valence-corrected chi connectivity index (χ3v) is 3.63. The zero-order chi connectivity index (χ0) is 14.0. The van der Waals surface area contributed by atoms with Crippen molar-refractivity contribution in [3.8, 4) is 5.75 Å². The summed E-state index contributed by atoms with van der Waals surface area (Å²) >= 11 is 14.8. The summed E-state index contributed by atoms with van der Waals surface area (Å²) in [7, 11) is 0. The van der Waals surface area contributed by atoms with Gasteiger partial charge in [0.05, 0.1) is 20.1 Å². The van der Waals surface area contributed by atoms with Crippen molar-refractivity contribution in [3.05, 3.63) is 62.0 Å². The molecule has 0 fully saturated rings. The molecule has 2 rings (SSSR count). The molecule has 0 radical (unpaired) electrons. The summed E-state index contributed by atoms with van der Waals surface area (Å²) < 4.78 is 32.7. The number of ether oxygens (including phenoxy) is 1. The highest BCUT2D eigenvalue weighted by atomic mass is 79.9. The van der Waals surface area contributed by atoms with Gasteiger partial charge in [0, 0.05) is 0 Å². The Balaban J connectivity index is 2.27. The maximum atomic E-state index is 13.7. The molecule has 0 spiro atoms. The molecule has 0 aliphatic heterocycles. The molecule has 0 aliphatic carbocycles. The fourth-order valence-corrected chi connectivity index (χ4v) is 2.34. The van der Waals surface area contributed by atoms with Crippen molar-refractivity contribution in [1.82, 2.24) is 0 Å². The molecule has 2 aromatic rings. The van der Waals surface area contributed by atoms with Crippen LogP contribution in [0.2, 0.25) is 10.0 Å². The maximum Gasteiger partial charge on any atom is 0.156 e. The Bertz CT molecular complexity index is 600. The van der Waals surface area contributed by atoms with Crippen LogP contribution < -0.4 is 4.74 Å². The monoisotopic (exact) mass is 366 g/mol. The van der Waals surface area contributed by atoms with Gasteiger partial charge in [-0.3, -0.25) is 0 Å². The standard InChI is InChI=1S/C13H7BrCl2F2O/c14-8-4-5-11(17)7(12(8)18)6-19-13-9(15)2-1-3-10(13)16/h1-5H,6H2. The van der Waals surface area contributed by atoms with Gasteiger partial charge >= 0.3 is 0 Å². The predicted octanol–water partition coefficient (Wildman–Crippen LogP) is 5.61. The van der Waals surface area contributed by atoms with Crippen molar-refractivity contribution in [2.75, 3.05) is 0 Å². The molecule has 0 heterocycles. The molecule has 0 saturated carbocycles. The first-order valence-corrected chi connectivity index (χ1v) is 6.74. The van der Waals surface area contributed by atoms with Gasteiger partial charge in [-0.15, -0.1) is 0 Å². The van der Waals surface area contributed by atoms with Crippen molar-refractivity contribution in [1.29, 1.82) is 0 Å². The average molecular weight is 368 g/mol. The Hall–Kier alpha value is -0.840. The lowest BCUT2D eigenvalue weighted by Gasteiger charge is -2.11. The smallest absolute Gasteiger partial charge is 0.156 e. The van der Waals surface area contributed by atoms with Crippen LogP contribution in [0.15, 0.2) is 34.8 Å². The van der Waals surface area contributed by atoms with E-state index in [1.165, 1.54) is 6.07 Å². The van der Waals surface area contributed by atoms with Crippen LogP contribution in [0, 0.1) is 11.6 Å². The van der Waals surface area contributed by atoms with Gasteiger partial charge in [-0.2, -0.15) is 0 Å². The van der Waals surface area contributed by atoms with Crippen LogP contribution >= 0.6 is 39.1 Å². The first-order valence-electron chi connectivity index (χ1n) is 5.20. The molecule has 100 valence electrons. The molecular formula is C13H7BrCl2F2O. The Kier molecular flexibility index (Phi) is 4.66. The predicted molar refractivity (Wildman–Crippen MR) is 74.9 cm³/mol. The maximum absolute atomic E-state index is 13.7. The number of halogens is 5. The van der Waals surface area contributed by atoms with Gasteiger partial charge in [0.25, 0.3) is 0 Å². The second-order valence-corrected chi connectivity index (χ2v) is 5.33. The molecule has 0 aliphatic rings. The third-order valence-electron chi connectivity index (χ3n) is 2.42. The number of hydrogen-bond acceptors (Lipinski definition) is 1. The topological polar surface area (TPSA) is 9.23 Å². The summed E-state index contributed by atoms with van der Waals surface area (Å²) in [6.07, 6.45) is 0. The molecule has 0 amide bonds.